The Balaban J connectivity index is 2.03. The van der Waals surface area contributed by atoms with Gasteiger partial charge in [0.15, 0.2) is 0 Å². The molecule has 2 rings (SSSR count). The van der Waals surface area contributed by atoms with Crippen molar-refractivity contribution < 1.29 is 22.0 Å². The van der Waals surface area contributed by atoms with Crippen molar-refractivity contribution in [1.82, 2.24) is 10.0 Å². The highest BCUT2D eigenvalue weighted by molar-refractivity contribution is 7.89. The van der Waals surface area contributed by atoms with Crippen LogP contribution in [0.2, 0.25) is 0 Å². The van der Waals surface area contributed by atoms with E-state index in [1.54, 1.807) is 26.0 Å². The van der Waals surface area contributed by atoms with E-state index in [1.165, 1.54) is 19.2 Å². The quantitative estimate of drug-likeness (QED) is 0.670. The molecule has 9 heteroatoms. The van der Waals surface area contributed by atoms with Crippen molar-refractivity contribution in [2.75, 3.05) is 18.9 Å². The van der Waals surface area contributed by atoms with Gasteiger partial charge in [-0.1, -0.05) is 12.1 Å². The van der Waals surface area contributed by atoms with E-state index < -0.39 is 33.6 Å². The zero-order chi connectivity index (χ0) is 20.2. The summed E-state index contributed by atoms with van der Waals surface area (Å²) in [4.78, 5) is 12.2. The van der Waals surface area contributed by atoms with Gasteiger partial charge in [-0.3, -0.25) is 4.79 Å². The topological polar surface area (TPSA) is 87.3 Å². The lowest BCUT2D eigenvalue weighted by molar-refractivity contribution is -0.115. The summed E-state index contributed by atoms with van der Waals surface area (Å²) in [5, 5.41) is 5.43. The van der Waals surface area contributed by atoms with E-state index in [-0.39, 0.29) is 17.0 Å². The molecular weight excluding hydrogens is 376 g/mol. The minimum atomic E-state index is -3.65. The van der Waals surface area contributed by atoms with E-state index >= 15 is 0 Å². The summed E-state index contributed by atoms with van der Waals surface area (Å²) in [7, 11) is -2.34. The first-order valence-corrected chi connectivity index (χ1v) is 9.64. The highest BCUT2D eigenvalue weighted by Gasteiger charge is 2.16. The third-order valence-electron chi connectivity index (χ3n) is 4.03. The lowest BCUT2D eigenvalue weighted by Crippen LogP contribution is -2.30. The molecule has 0 saturated heterocycles. The number of rotatable bonds is 7. The van der Waals surface area contributed by atoms with Crippen LogP contribution in [0.1, 0.15) is 24.1 Å². The normalized spacial score (nSPS) is 12.6. The molecule has 0 unspecified atom stereocenters. The van der Waals surface area contributed by atoms with Crippen molar-refractivity contribution in [3.05, 3.63) is 59.2 Å². The molecule has 0 aliphatic heterocycles. The molecule has 0 fully saturated rings. The maximum Gasteiger partial charge on any atom is 0.240 e. The van der Waals surface area contributed by atoms with Gasteiger partial charge in [0.2, 0.25) is 15.9 Å². The smallest absolute Gasteiger partial charge is 0.240 e. The molecule has 6 nitrogen and oxygen atoms in total. The van der Waals surface area contributed by atoms with Gasteiger partial charge in [-0.15, -0.1) is 0 Å². The summed E-state index contributed by atoms with van der Waals surface area (Å²) in [6.45, 7) is 3.16. The van der Waals surface area contributed by atoms with Gasteiger partial charge in [-0.05, 0) is 44.7 Å². The number of nitrogens with one attached hydrogen (secondary N) is 3. The van der Waals surface area contributed by atoms with Gasteiger partial charge in [0.25, 0.3) is 0 Å². The summed E-state index contributed by atoms with van der Waals surface area (Å²) in [5.41, 5.74) is 1.10. The lowest BCUT2D eigenvalue weighted by atomic mass is 10.1. The molecule has 1 amide bonds. The average Bonchev–Trinajstić information content (AvgIpc) is 2.61. The van der Waals surface area contributed by atoms with Crippen LogP contribution in [0.15, 0.2) is 41.3 Å². The van der Waals surface area contributed by atoms with Crippen LogP contribution < -0.4 is 15.4 Å². The van der Waals surface area contributed by atoms with Crippen LogP contribution >= 0.6 is 0 Å². The third kappa shape index (κ3) is 5.31. The van der Waals surface area contributed by atoms with Crippen molar-refractivity contribution in [2.45, 2.75) is 24.8 Å². The predicted molar refractivity (Wildman–Crippen MR) is 98.8 cm³/mol. The molecule has 0 radical (unpaired) electrons. The van der Waals surface area contributed by atoms with Gasteiger partial charge in [0.05, 0.1) is 11.4 Å². The Bertz CT molecular complexity index is 949. The second-order valence-corrected chi connectivity index (χ2v) is 7.86. The minimum Gasteiger partial charge on any atom is -0.325 e. The van der Waals surface area contributed by atoms with E-state index in [9.17, 15) is 22.0 Å². The number of aryl methyl sites for hydroxylation is 1. The number of amides is 1. The number of carbonyl (C=O) groups excluding carboxylic acids is 1. The molecule has 1 atom stereocenters. The summed E-state index contributed by atoms with van der Waals surface area (Å²) < 4.78 is 52.9. The first-order chi connectivity index (χ1) is 12.6. The van der Waals surface area contributed by atoms with Crippen LogP contribution in [0, 0.1) is 18.6 Å². The molecule has 0 bridgehead atoms. The van der Waals surface area contributed by atoms with Gasteiger partial charge in [0.1, 0.15) is 11.6 Å². The molecule has 0 spiro atoms. The van der Waals surface area contributed by atoms with Crippen LogP contribution in [-0.4, -0.2) is 27.9 Å². The highest BCUT2D eigenvalue weighted by atomic mass is 32.2. The number of hydrogen-bond donors (Lipinski definition) is 3. The Kier molecular flexibility index (Phi) is 6.63. The first kappa shape index (κ1) is 20.9. The largest absolute Gasteiger partial charge is 0.325 e. The summed E-state index contributed by atoms with van der Waals surface area (Å²) in [6, 6.07) is 7.26. The van der Waals surface area contributed by atoms with Crippen LogP contribution in [0.5, 0.6) is 0 Å². The van der Waals surface area contributed by atoms with Gasteiger partial charge >= 0.3 is 0 Å². The Morgan fingerprint density at radius 1 is 1.15 bits per heavy atom. The minimum absolute atomic E-state index is 0.0671. The molecule has 0 aliphatic rings. The molecule has 0 aromatic heterocycles. The van der Waals surface area contributed by atoms with Gasteiger partial charge in [0, 0.05) is 23.4 Å². The number of sulfonamides is 1. The van der Waals surface area contributed by atoms with E-state index in [0.717, 1.165) is 12.1 Å². The number of anilines is 1. The zero-order valence-electron chi connectivity index (χ0n) is 15.1. The van der Waals surface area contributed by atoms with Crippen molar-refractivity contribution >= 4 is 21.6 Å². The maximum atomic E-state index is 13.8. The predicted octanol–water partition coefficient (Wildman–Crippen LogP) is 2.47. The highest BCUT2D eigenvalue weighted by Crippen LogP contribution is 2.20. The summed E-state index contributed by atoms with van der Waals surface area (Å²) in [6.07, 6.45) is 0. The van der Waals surface area contributed by atoms with Gasteiger partial charge < -0.3 is 10.6 Å². The number of carbonyl (C=O) groups is 1. The molecule has 2 aromatic rings. The van der Waals surface area contributed by atoms with E-state index in [4.69, 9.17) is 0 Å². The van der Waals surface area contributed by atoms with Crippen molar-refractivity contribution in [3.63, 3.8) is 0 Å². The number of halogens is 2. The molecule has 2 aromatic carbocycles. The Hall–Kier alpha value is -2.36. The van der Waals surface area contributed by atoms with Crippen molar-refractivity contribution in [1.29, 1.82) is 0 Å². The van der Waals surface area contributed by atoms with Crippen LogP contribution in [0.25, 0.3) is 0 Å². The molecule has 0 heterocycles. The van der Waals surface area contributed by atoms with Gasteiger partial charge in [-0.2, -0.15) is 0 Å². The lowest BCUT2D eigenvalue weighted by Gasteiger charge is -2.15. The second-order valence-electron chi connectivity index (χ2n) is 6.00. The van der Waals surface area contributed by atoms with E-state index in [0.29, 0.717) is 11.3 Å². The zero-order valence-corrected chi connectivity index (χ0v) is 16.0. The molecule has 146 valence electrons. The number of benzene rings is 2. The maximum absolute atomic E-state index is 13.8. The fourth-order valence-corrected chi connectivity index (χ4v) is 3.48. The number of hydrogen-bond acceptors (Lipinski definition) is 4. The molecular formula is C18H21F2N3O3S. The average molecular weight is 397 g/mol. The van der Waals surface area contributed by atoms with Crippen LogP contribution in [0.3, 0.4) is 0 Å². The standard InChI is InChI=1S/C18H21F2N3O3S/c1-11-4-6-14(9-17(11)27(25,26)21-3)23-18(24)10-22-12(2)15-7-5-13(19)8-16(15)20/h4-9,12,21-22H,10H2,1-3H3,(H,23,24)/t12-/m1/s1. The third-order valence-corrected chi connectivity index (χ3v) is 5.58. The molecule has 0 aliphatic carbocycles. The Labute approximate surface area is 157 Å². The second kappa shape index (κ2) is 8.55. The molecule has 3 N–H and O–H groups in total. The summed E-state index contributed by atoms with van der Waals surface area (Å²) in [5.74, 6) is -1.80. The van der Waals surface area contributed by atoms with Crippen molar-refractivity contribution in [2.24, 2.45) is 0 Å². The summed E-state index contributed by atoms with van der Waals surface area (Å²) >= 11 is 0. The Morgan fingerprint density at radius 3 is 2.48 bits per heavy atom. The molecule has 27 heavy (non-hydrogen) atoms. The van der Waals surface area contributed by atoms with E-state index in [2.05, 4.69) is 15.4 Å². The van der Waals surface area contributed by atoms with Crippen molar-refractivity contribution in [3.8, 4) is 0 Å². The fraction of sp³-hybridized carbons (Fsp3) is 0.278. The monoisotopic (exact) mass is 397 g/mol. The molecule has 0 saturated carbocycles. The SMILES string of the molecule is CNS(=O)(=O)c1cc(NC(=O)CN[C@H](C)c2ccc(F)cc2F)ccc1C. The van der Waals surface area contributed by atoms with E-state index in [1.807, 2.05) is 0 Å². The fourth-order valence-electron chi connectivity index (χ4n) is 2.49. The van der Waals surface area contributed by atoms with Crippen LogP contribution in [-0.2, 0) is 14.8 Å². The first-order valence-electron chi connectivity index (χ1n) is 8.16. The Morgan fingerprint density at radius 2 is 1.85 bits per heavy atom. The van der Waals surface area contributed by atoms with Gasteiger partial charge in [-0.25, -0.2) is 21.9 Å². The van der Waals surface area contributed by atoms with Crippen LogP contribution in [0.4, 0.5) is 14.5 Å².